The first-order valence-corrected chi connectivity index (χ1v) is 3.70. The van der Waals surface area contributed by atoms with Crippen LogP contribution in [0.3, 0.4) is 0 Å². The van der Waals surface area contributed by atoms with Crippen LogP contribution in [0.1, 0.15) is 5.56 Å². The average molecular weight is 222 g/mol. The van der Waals surface area contributed by atoms with E-state index in [0.29, 0.717) is 0 Å². The van der Waals surface area contributed by atoms with Crippen molar-refractivity contribution in [2.45, 2.75) is 12.8 Å². The average Bonchev–Trinajstić information content (AvgIpc) is 2.04. The molecule has 1 atom stereocenters. The first kappa shape index (κ1) is 12.5. The van der Waals surface area contributed by atoms with Crippen molar-refractivity contribution in [3.8, 4) is 0 Å². The van der Waals surface area contributed by atoms with E-state index in [1.807, 2.05) is 18.2 Å². The number of para-hydroxylation sites is 1. The van der Waals surface area contributed by atoms with Gasteiger partial charge in [0.25, 0.3) is 0 Å². The van der Waals surface area contributed by atoms with E-state index in [1.165, 1.54) is 5.56 Å². The predicted molar refractivity (Wildman–Crippen MR) is 59.4 cm³/mol. The summed E-state index contributed by atoms with van der Waals surface area (Å²) in [6, 6.07) is 8.15. The maximum Gasteiger partial charge on any atom is 0.130 e. The summed E-state index contributed by atoms with van der Waals surface area (Å²) in [5.74, 6) is 0. The molecule has 0 amide bonds. The zero-order chi connectivity index (χ0) is 7.68. The highest BCUT2D eigenvalue weighted by atomic mass is 35.5. The van der Waals surface area contributed by atoms with Gasteiger partial charge in [0.2, 0.25) is 0 Å². The van der Waals surface area contributed by atoms with Crippen molar-refractivity contribution >= 4 is 30.5 Å². The Morgan fingerprint density at radius 3 is 2.69 bits per heavy atom. The summed E-state index contributed by atoms with van der Waals surface area (Å²) in [5, 5.41) is 6.23. The number of halogens is 2. The summed E-state index contributed by atoms with van der Waals surface area (Å²) in [5.41, 5.74) is 8.04. The topological polar surface area (TPSA) is 50.1 Å². The van der Waals surface area contributed by atoms with Crippen LogP contribution in [0.2, 0.25) is 0 Å². The minimum Gasteiger partial charge on any atom is -0.358 e. The summed E-state index contributed by atoms with van der Waals surface area (Å²) in [6.45, 7) is 0.852. The summed E-state index contributed by atoms with van der Waals surface area (Å²) in [7, 11) is 0. The summed E-state index contributed by atoms with van der Waals surface area (Å²) in [4.78, 5) is 0. The van der Waals surface area contributed by atoms with Gasteiger partial charge in [0, 0.05) is 12.2 Å². The van der Waals surface area contributed by atoms with E-state index in [9.17, 15) is 0 Å². The standard InChI is InChI=1S/C8H11N3.2ClH/c9-8-10-5-6-3-1-2-4-7(6)11-8;;/h1-4,8,10-11H,5,9H2;2*1H. The Kier molecular flexibility index (Phi) is 5.10. The molecule has 0 aliphatic carbocycles. The van der Waals surface area contributed by atoms with Crippen LogP contribution in [0.15, 0.2) is 24.3 Å². The number of nitrogens with two attached hydrogens (primary N) is 1. The van der Waals surface area contributed by atoms with Gasteiger partial charge in [-0.3, -0.25) is 11.1 Å². The van der Waals surface area contributed by atoms with Crippen LogP contribution in [0.5, 0.6) is 0 Å². The van der Waals surface area contributed by atoms with Crippen molar-refractivity contribution in [3.05, 3.63) is 29.8 Å². The monoisotopic (exact) mass is 221 g/mol. The first-order chi connectivity index (χ1) is 5.36. The fourth-order valence-electron chi connectivity index (χ4n) is 1.25. The molecule has 1 aliphatic heterocycles. The van der Waals surface area contributed by atoms with Crippen LogP contribution in [-0.2, 0) is 6.54 Å². The number of hydrogen-bond donors (Lipinski definition) is 3. The smallest absolute Gasteiger partial charge is 0.130 e. The van der Waals surface area contributed by atoms with Crippen molar-refractivity contribution < 1.29 is 0 Å². The van der Waals surface area contributed by atoms with Gasteiger partial charge in [0.05, 0.1) is 0 Å². The summed E-state index contributed by atoms with van der Waals surface area (Å²) < 4.78 is 0. The Morgan fingerprint density at radius 2 is 1.92 bits per heavy atom. The molecule has 0 radical (unpaired) electrons. The Balaban J connectivity index is 0.000000720. The fraction of sp³-hybridized carbons (Fsp3) is 0.250. The zero-order valence-electron chi connectivity index (χ0n) is 6.99. The third-order valence-electron chi connectivity index (χ3n) is 1.84. The van der Waals surface area contributed by atoms with E-state index < -0.39 is 0 Å². The molecule has 5 heteroatoms. The Hall–Kier alpha value is -0.480. The first-order valence-electron chi connectivity index (χ1n) is 3.70. The van der Waals surface area contributed by atoms with Gasteiger partial charge in [-0.2, -0.15) is 0 Å². The van der Waals surface area contributed by atoms with Gasteiger partial charge < -0.3 is 5.32 Å². The number of fused-ring (bicyclic) bond motifs is 1. The lowest BCUT2D eigenvalue weighted by atomic mass is 10.1. The van der Waals surface area contributed by atoms with E-state index in [4.69, 9.17) is 5.73 Å². The number of anilines is 1. The van der Waals surface area contributed by atoms with Crippen molar-refractivity contribution in [1.29, 1.82) is 0 Å². The van der Waals surface area contributed by atoms with Crippen molar-refractivity contribution in [1.82, 2.24) is 5.32 Å². The number of nitrogens with one attached hydrogen (secondary N) is 2. The Labute approximate surface area is 89.9 Å². The largest absolute Gasteiger partial charge is 0.358 e. The van der Waals surface area contributed by atoms with Gasteiger partial charge in [-0.25, -0.2) is 0 Å². The molecule has 1 heterocycles. The molecule has 0 aromatic heterocycles. The van der Waals surface area contributed by atoms with Crippen LogP contribution in [-0.4, -0.2) is 6.29 Å². The van der Waals surface area contributed by atoms with Crippen molar-refractivity contribution in [3.63, 3.8) is 0 Å². The molecule has 0 spiro atoms. The minimum absolute atomic E-state index is 0. The van der Waals surface area contributed by atoms with E-state index in [1.54, 1.807) is 0 Å². The Bertz CT molecular complexity index is 267. The molecule has 1 unspecified atom stereocenters. The highest BCUT2D eigenvalue weighted by molar-refractivity contribution is 5.85. The maximum absolute atomic E-state index is 5.63. The van der Waals surface area contributed by atoms with Crippen LogP contribution < -0.4 is 16.4 Å². The molecule has 3 nitrogen and oxygen atoms in total. The van der Waals surface area contributed by atoms with Crippen LogP contribution in [0.25, 0.3) is 0 Å². The molecule has 0 saturated heterocycles. The minimum atomic E-state index is -0.107. The molecule has 0 saturated carbocycles. The highest BCUT2D eigenvalue weighted by Gasteiger charge is 2.10. The van der Waals surface area contributed by atoms with Gasteiger partial charge in [-0.15, -0.1) is 24.8 Å². The molecular weight excluding hydrogens is 209 g/mol. The van der Waals surface area contributed by atoms with E-state index in [-0.39, 0.29) is 31.1 Å². The quantitative estimate of drug-likeness (QED) is 0.619. The van der Waals surface area contributed by atoms with Gasteiger partial charge in [0.15, 0.2) is 0 Å². The molecule has 4 N–H and O–H groups in total. The third kappa shape index (κ3) is 2.74. The molecular formula is C8H13Cl2N3. The molecule has 13 heavy (non-hydrogen) atoms. The number of benzene rings is 1. The summed E-state index contributed by atoms with van der Waals surface area (Å²) in [6.07, 6.45) is -0.107. The molecule has 1 aliphatic rings. The van der Waals surface area contributed by atoms with Crippen LogP contribution in [0.4, 0.5) is 5.69 Å². The molecule has 1 aromatic carbocycles. The second kappa shape index (κ2) is 5.29. The number of hydrogen-bond acceptors (Lipinski definition) is 3. The predicted octanol–water partition coefficient (Wildman–Crippen LogP) is 1.29. The normalized spacial score (nSPS) is 18.7. The number of rotatable bonds is 0. The molecule has 74 valence electrons. The lowest BCUT2D eigenvalue weighted by Crippen LogP contribution is -2.46. The fourth-order valence-corrected chi connectivity index (χ4v) is 1.25. The second-order valence-electron chi connectivity index (χ2n) is 2.66. The van der Waals surface area contributed by atoms with E-state index in [0.717, 1.165) is 12.2 Å². The van der Waals surface area contributed by atoms with Crippen molar-refractivity contribution in [2.75, 3.05) is 5.32 Å². The highest BCUT2D eigenvalue weighted by Crippen LogP contribution is 2.17. The van der Waals surface area contributed by atoms with E-state index >= 15 is 0 Å². The third-order valence-corrected chi connectivity index (χ3v) is 1.84. The molecule has 2 rings (SSSR count). The lowest BCUT2D eigenvalue weighted by Gasteiger charge is -2.24. The van der Waals surface area contributed by atoms with Crippen LogP contribution >= 0.6 is 24.8 Å². The molecule has 1 aromatic rings. The summed E-state index contributed by atoms with van der Waals surface area (Å²) >= 11 is 0. The lowest BCUT2D eigenvalue weighted by molar-refractivity contribution is 0.559. The van der Waals surface area contributed by atoms with Gasteiger partial charge >= 0.3 is 0 Å². The second-order valence-corrected chi connectivity index (χ2v) is 2.66. The van der Waals surface area contributed by atoms with Crippen molar-refractivity contribution in [2.24, 2.45) is 5.73 Å². The SMILES string of the molecule is Cl.Cl.NC1NCc2ccccc2N1. The molecule has 0 bridgehead atoms. The molecule has 0 fully saturated rings. The Morgan fingerprint density at radius 1 is 1.23 bits per heavy atom. The van der Waals surface area contributed by atoms with Gasteiger partial charge in [0.1, 0.15) is 6.29 Å². The van der Waals surface area contributed by atoms with E-state index in [2.05, 4.69) is 16.7 Å². The van der Waals surface area contributed by atoms with Gasteiger partial charge in [-0.05, 0) is 11.6 Å². The maximum atomic E-state index is 5.63. The van der Waals surface area contributed by atoms with Crippen LogP contribution in [0, 0.1) is 0 Å². The zero-order valence-corrected chi connectivity index (χ0v) is 8.62. The van der Waals surface area contributed by atoms with Gasteiger partial charge in [-0.1, -0.05) is 18.2 Å².